The third kappa shape index (κ3) is 8.10. The molecule has 2 rings (SSSR count). The van der Waals surface area contributed by atoms with Gasteiger partial charge in [-0.15, -0.1) is 24.0 Å². The van der Waals surface area contributed by atoms with Gasteiger partial charge in [0.2, 0.25) is 0 Å². The highest BCUT2D eigenvalue weighted by atomic mass is 127. The van der Waals surface area contributed by atoms with Crippen molar-refractivity contribution in [2.24, 2.45) is 4.99 Å². The first kappa shape index (κ1) is 22.5. The van der Waals surface area contributed by atoms with Crippen LogP contribution in [0.1, 0.15) is 12.5 Å². The third-order valence-corrected chi connectivity index (χ3v) is 5.84. The van der Waals surface area contributed by atoms with E-state index in [1.807, 2.05) is 31.2 Å². The van der Waals surface area contributed by atoms with Crippen molar-refractivity contribution in [3.05, 3.63) is 34.9 Å². The number of guanidine groups is 1. The Morgan fingerprint density at radius 1 is 1.24 bits per heavy atom. The minimum absolute atomic E-state index is 0. The maximum absolute atomic E-state index is 11.4. The smallest absolute Gasteiger partial charge is 0.191 e. The summed E-state index contributed by atoms with van der Waals surface area (Å²) in [5.41, 5.74) is 0.984. The second-order valence-corrected chi connectivity index (χ2v) is 8.42. The molecule has 9 heteroatoms. The lowest BCUT2D eigenvalue weighted by atomic mass is 10.2. The molecule has 1 aromatic carbocycles. The van der Waals surface area contributed by atoms with E-state index in [4.69, 9.17) is 11.6 Å². The summed E-state index contributed by atoms with van der Waals surface area (Å²) in [6.07, 6.45) is 0. The van der Waals surface area contributed by atoms with Gasteiger partial charge in [0.1, 0.15) is 0 Å². The van der Waals surface area contributed by atoms with Gasteiger partial charge in [0.05, 0.1) is 18.1 Å². The number of halogens is 2. The van der Waals surface area contributed by atoms with Crippen LogP contribution >= 0.6 is 35.6 Å². The molecule has 0 bridgehead atoms. The zero-order valence-corrected chi connectivity index (χ0v) is 18.3. The van der Waals surface area contributed by atoms with Crippen LogP contribution < -0.4 is 10.6 Å². The Labute approximate surface area is 172 Å². The van der Waals surface area contributed by atoms with Crippen LogP contribution in [0.15, 0.2) is 29.3 Å². The van der Waals surface area contributed by atoms with Crippen LogP contribution in [0.5, 0.6) is 0 Å². The van der Waals surface area contributed by atoms with Crippen LogP contribution in [0.2, 0.25) is 5.02 Å². The molecule has 6 nitrogen and oxygen atoms in total. The van der Waals surface area contributed by atoms with Crippen molar-refractivity contribution in [2.75, 3.05) is 44.2 Å². The Balaban J connectivity index is 0.00000312. The first-order chi connectivity index (χ1) is 11.5. The lowest BCUT2D eigenvalue weighted by Gasteiger charge is -2.26. The summed E-state index contributed by atoms with van der Waals surface area (Å²) in [5.74, 6) is 1.25. The topological polar surface area (TPSA) is 73.8 Å². The zero-order chi connectivity index (χ0) is 17.4. The Morgan fingerprint density at radius 3 is 2.56 bits per heavy atom. The maximum Gasteiger partial charge on any atom is 0.191 e. The van der Waals surface area contributed by atoms with E-state index in [1.165, 1.54) is 0 Å². The molecule has 1 fully saturated rings. The number of benzene rings is 1. The summed E-state index contributed by atoms with van der Waals surface area (Å²) in [5, 5.41) is 7.20. The molecule has 0 saturated carbocycles. The number of hydrogen-bond acceptors (Lipinski definition) is 4. The van der Waals surface area contributed by atoms with Crippen LogP contribution in [0.3, 0.4) is 0 Å². The van der Waals surface area contributed by atoms with Crippen LogP contribution in [0.4, 0.5) is 0 Å². The average Bonchev–Trinajstić information content (AvgIpc) is 2.55. The number of hydrogen-bond donors (Lipinski definition) is 2. The van der Waals surface area contributed by atoms with E-state index in [1.54, 1.807) is 0 Å². The average molecular weight is 501 g/mol. The molecule has 0 aromatic heterocycles. The van der Waals surface area contributed by atoms with Gasteiger partial charge in [0.25, 0.3) is 0 Å². The number of nitrogens with zero attached hydrogens (tertiary/aromatic N) is 2. The lowest BCUT2D eigenvalue weighted by Crippen LogP contribution is -2.45. The van der Waals surface area contributed by atoms with Gasteiger partial charge in [-0.05, 0) is 18.6 Å². The highest BCUT2D eigenvalue weighted by Gasteiger charge is 2.20. The molecule has 0 unspecified atom stereocenters. The minimum atomic E-state index is -2.82. The molecule has 1 aromatic rings. The molecule has 0 radical (unpaired) electrons. The Kier molecular flexibility index (Phi) is 10.1. The van der Waals surface area contributed by atoms with Crippen molar-refractivity contribution < 1.29 is 8.42 Å². The predicted molar refractivity (Wildman–Crippen MR) is 115 cm³/mol. The van der Waals surface area contributed by atoms with E-state index >= 15 is 0 Å². The Morgan fingerprint density at radius 2 is 1.92 bits per heavy atom. The third-order valence-electron chi connectivity index (χ3n) is 3.87. The van der Waals surface area contributed by atoms with Crippen LogP contribution in [-0.4, -0.2) is 63.5 Å². The minimum Gasteiger partial charge on any atom is -0.357 e. The van der Waals surface area contributed by atoms with E-state index in [-0.39, 0.29) is 35.5 Å². The van der Waals surface area contributed by atoms with Crippen LogP contribution in [0.25, 0.3) is 0 Å². The first-order valence-corrected chi connectivity index (χ1v) is 10.4. The monoisotopic (exact) mass is 500 g/mol. The van der Waals surface area contributed by atoms with E-state index in [0.717, 1.165) is 24.6 Å². The van der Waals surface area contributed by atoms with Gasteiger partial charge in [0, 0.05) is 37.7 Å². The van der Waals surface area contributed by atoms with Crippen molar-refractivity contribution in [3.63, 3.8) is 0 Å². The summed E-state index contributed by atoms with van der Waals surface area (Å²) in [6.45, 7) is 6.03. The highest BCUT2D eigenvalue weighted by Crippen LogP contribution is 2.15. The molecule has 1 aliphatic heterocycles. The molecule has 0 aliphatic carbocycles. The predicted octanol–water partition coefficient (Wildman–Crippen LogP) is 1.74. The van der Waals surface area contributed by atoms with Crippen LogP contribution in [0, 0.1) is 0 Å². The SMILES string of the molecule is CCNC(=NCc1ccccc1Cl)NCCN1CCS(=O)(=O)CC1.I. The Hall–Kier alpha value is -0.580. The van der Waals surface area contributed by atoms with E-state index in [0.29, 0.717) is 31.2 Å². The second kappa shape index (κ2) is 11.2. The molecular weight excluding hydrogens is 475 g/mol. The molecule has 25 heavy (non-hydrogen) atoms. The first-order valence-electron chi connectivity index (χ1n) is 8.18. The summed E-state index contributed by atoms with van der Waals surface area (Å²) in [4.78, 5) is 6.70. The molecule has 1 aliphatic rings. The summed E-state index contributed by atoms with van der Waals surface area (Å²) in [7, 11) is -2.82. The van der Waals surface area contributed by atoms with Crippen molar-refractivity contribution in [2.45, 2.75) is 13.5 Å². The molecule has 1 saturated heterocycles. The summed E-state index contributed by atoms with van der Waals surface area (Å²) in [6, 6.07) is 7.67. The number of aliphatic imine (C=N–C) groups is 1. The van der Waals surface area contributed by atoms with Gasteiger partial charge in [-0.2, -0.15) is 0 Å². The van der Waals surface area contributed by atoms with Gasteiger partial charge in [-0.1, -0.05) is 29.8 Å². The van der Waals surface area contributed by atoms with Gasteiger partial charge < -0.3 is 10.6 Å². The Bertz CT molecular complexity index is 656. The van der Waals surface area contributed by atoms with Gasteiger partial charge in [0.15, 0.2) is 15.8 Å². The number of nitrogens with one attached hydrogen (secondary N) is 2. The summed E-state index contributed by atoms with van der Waals surface area (Å²) >= 11 is 6.15. The molecule has 0 amide bonds. The van der Waals surface area contributed by atoms with Gasteiger partial charge in [-0.3, -0.25) is 4.90 Å². The number of rotatable bonds is 6. The van der Waals surface area contributed by atoms with Crippen molar-refractivity contribution >= 4 is 51.4 Å². The van der Waals surface area contributed by atoms with E-state index in [9.17, 15) is 8.42 Å². The summed E-state index contributed by atoms with van der Waals surface area (Å²) < 4.78 is 22.9. The van der Waals surface area contributed by atoms with Crippen molar-refractivity contribution in [1.82, 2.24) is 15.5 Å². The fourth-order valence-corrected chi connectivity index (χ4v) is 3.91. The largest absolute Gasteiger partial charge is 0.357 e. The van der Waals surface area contributed by atoms with Gasteiger partial charge in [-0.25, -0.2) is 13.4 Å². The fourth-order valence-electron chi connectivity index (χ4n) is 2.44. The quantitative estimate of drug-likeness (QED) is 0.354. The molecule has 0 atom stereocenters. The molecular formula is C16H26ClIN4O2S. The fraction of sp³-hybridized carbons (Fsp3) is 0.562. The molecule has 0 spiro atoms. The molecule has 2 N–H and O–H groups in total. The van der Waals surface area contributed by atoms with Crippen LogP contribution in [-0.2, 0) is 16.4 Å². The van der Waals surface area contributed by atoms with Gasteiger partial charge >= 0.3 is 0 Å². The normalized spacial score (nSPS) is 17.6. The van der Waals surface area contributed by atoms with E-state index in [2.05, 4.69) is 20.5 Å². The maximum atomic E-state index is 11.4. The second-order valence-electron chi connectivity index (χ2n) is 5.71. The highest BCUT2D eigenvalue weighted by molar-refractivity contribution is 14.0. The van der Waals surface area contributed by atoms with E-state index < -0.39 is 9.84 Å². The zero-order valence-electron chi connectivity index (χ0n) is 14.4. The molecule has 1 heterocycles. The number of sulfone groups is 1. The van der Waals surface area contributed by atoms with Crippen molar-refractivity contribution in [3.8, 4) is 0 Å². The molecule has 142 valence electrons. The van der Waals surface area contributed by atoms with Crippen molar-refractivity contribution in [1.29, 1.82) is 0 Å². The lowest BCUT2D eigenvalue weighted by molar-refractivity contribution is 0.299. The standard InChI is InChI=1S/C16H25ClN4O2S.HI/c1-2-18-16(20-13-14-5-3-4-6-15(14)17)19-7-8-21-9-11-24(22,23)12-10-21;/h3-6H,2,7-13H2,1H3,(H2,18,19,20);1H.